The summed E-state index contributed by atoms with van der Waals surface area (Å²) >= 11 is 8.47. The molecule has 2 aromatic rings. The third-order valence-electron chi connectivity index (χ3n) is 3.87. The minimum atomic E-state index is -0.337. The number of halogens is 2. The fourth-order valence-corrected chi connectivity index (χ4v) is 3.30. The molecule has 2 N–H and O–H groups in total. The van der Waals surface area contributed by atoms with E-state index in [0.717, 1.165) is 20.4 Å². The zero-order valence-corrected chi connectivity index (χ0v) is 18.2. The lowest BCUT2D eigenvalue weighted by molar-refractivity contribution is 0.187. The molecule has 0 heterocycles. The van der Waals surface area contributed by atoms with Crippen molar-refractivity contribution in [1.82, 2.24) is 5.32 Å². The van der Waals surface area contributed by atoms with Gasteiger partial charge in [-0.3, -0.25) is 0 Å². The first-order valence-corrected chi connectivity index (χ1v) is 9.99. The van der Waals surface area contributed by atoms with E-state index in [2.05, 4.69) is 34.0 Å². The summed E-state index contributed by atoms with van der Waals surface area (Å²) in [6.45, 7) is 7.51. The van der Waals surface area contributed by atoms with Crippen LogP contribution in [0.4, 0.5) is 0 Å². The Morgan fingerprint density at radius 2 is 1.92 bits per heavy atom. The van der Waals surface area contributed by atoms with Crippen LogP contribution in [-0.4, -0.2) is 23.9 Å². The van der Waals surface area contributed by atoms with Gasteiger partial charge in [0, 0.05) is 22.7 Å². The van der Waals surface area contributed by atoms with E-state index >= 15 is 0 Å². The molecular weight excluding hydrogens is 465 g/mol. The zero-order valence-electron chi connectivity index (χ0n) is 15.3. The van der Waals surface area contributed by atoms with Crippen LogP contribution in [0.5, 0.6) is 11.5 Å². The van der Waals surface area contributed by atoms with Crippen molar-refractivity contribution in [3.63, 3.8) is 0 Å². The molecule has 26 heavy (non-hydrogen) atoms. The standard InChI is InChI=1S/C20H25ClINO3/c1-4-25-18-10-14(11-23-20(2,3)13-24)9-17(22)19(18)26-12-15-7-5-6-8-16(15)21/h5-10,23-24H,4,11-13H2,1-3H3. The lowest BCUT2D eigenvalue weighted by atomic mass is 10.1. The molecule has 142 valence electrons. The van der Waals surface area contributed by atoms with Gasteiger partial charge in [-0.25, -0.2) is 0 Å². The summed E-state index contributed by atoms with van der Waals surface area (Å²) in [5.41, 5.74) is 1.67. The molecule has 0 radical (unpaired) electrons. The number of rotatable bonds is 9. The second kappa shape index (κ2) is 9.78. The van der Waals surface area contributed by atoms with Gasteiger partial charge < -0.3 is 19.9 Å². The van der Waals surface area contributed by atoms with E-state index in [1.807, 2.05) is 51.1 Å². The van der Waals surface area contributed by atoms with Crippen LogP contribution < -0.4 is 14.8 Å². The Labute approximate surface area is 174 Å². The second-order valence-corrected chi connectivity index (χ2v) is 8.18. The zero-order chi connectivity index (χ0) is 19.2. The topological polar surface area (TPSA) is 50.7 Å². The second-order valence-electron chi connectivity index (χ2n) is 6.61. The molecule has 0 unspecified atom stereocenters. The summed E-state index contributed by atoms with van der Waals surface area (Å²) < 4.78 is 12.8. The Balaban J connectivity index is 2.19. The van der Waals surface area contributed by atoms with E-state index in [4.69, 9.17) is 21.1 Å². The highest BCUT2D eigenvalue weighted by Crippen LogP contribution is 2.35. The van der Waals surface area contributed by atoms with Gasteiger partial charge in [0.25, 0.3) is 0 Å². The number of aliphatic hydroxyl groups excluding tert-OH is 1. The van der Waals surface area contributed by atoms with Crippen LogP contribution in [0.15, 0.2) is 36.4 Å². The molecule has 4 nitrogen and oxygen atoms in total. The molecule has 0 aliphatic heterocycles. The number of ether oxygens (including phenoxy) is 2. The van der Waals surface area contributed by atoms with Crippen molar-refractivity contribution in [2.45, 2.75) is 39.5 Å². The Bertz CT molecular complexity index is 737. The summed E-state index contributed by atoms with van der Waals surface area (Å²) in [5, 5.41) is 13.4. The van der Waals surface area contributed by atoms with E-state index < -0.39 is 0 Å². The molecule has 2 aromatic carbocycles. The minimum absolute atomic E-state index is 0.0709. The van der Waals surface area contributed by atoms with E-state index in [-0.39, 0.29) is 12.1 Å². The molecule has 0 saturated heterocycles. The fourth-order valence-electron chi connectivity index (χ4n) is 2.29. The van der Waals surface area contributed by atoms with Crippen molar-refractivity contribution in [1.29, 1.82) is 0 Å². The molecular formula is C20H25ClINO3. The summed E-state index contributed by atoms with van der Waals surface area (Å²) in [6, 6.07) is 11.7. The van der Waals surface area contributed by atoms with Crippen LogP contribution in [0.2, 0.25) is 5.02 Å². The maximum absolute atomic E-state index is 9.39. The molecule has 2 rings (SSSR count). The predicted molar refractivity (Wildman–Crippen MR) is 114 cm³/mol. The van der Waals surface area contributed by atoms with Gasteiger partial charge in [-0.2, -0.15) is 0 Å². The summed E-state index contributed by atoms with van der Waals surface area (Å²) in [4.78, 5) is 0. The highest BCUT2D eigenvalue weighted by atomic mass is 127. The Morgan fingerprint density at radius 3 is 2.58 bits per heavy atom. The van der Waals surface area contributed by atoms with Crippen LogP contribution in [0, 0.1) is 3.57 Å². The van der Waals surface area contributed by atoms with E-state index in [1.54, 1.807) is 0 Å². The molecule has 0 aromatic heterocycles. The van der Waals surface area contributed by atoms with E-state index in [0.29, 0.717) is 30.5 Å². The van der Waals surface area contributed by atoms with Crippen LogP contribution in [0.3, 0.4) is 0 Å². The van der Waals surface area contributed by atoms with Crippen LogP contribution >= 0.6 is 34.2 Å². The largest absolute Gasteiger partial charge is 0.490 e. The van der Waals surface area contributed by atoms with Gasteiger partial charge in [-0.15, -0.1) is 0 Å². The molecule has 0 saturated carbocycles. The van der Waals surface area contributed by atoms with Gasteiger partial charge in [0.05, 0.1) is 16.8 Å². The molecule has 0 aliphatic rings. The maximum Gasteiger partial charge on any atom is 0.174 e. The maximum atomic E-state index is 9.39. The molecule has 0 aliphatic carbocycles. The molecule has 0 amide bonds. The van der Waals surface area contributed by atoms with Crippen LogP contribution in [0.25, 0.3) is 0 Å². The lowest BCUT2D eigenvalue weighted by Gasteiger charge is -2.24. The predicted octanol–water partition coefficient (Wildman–Crippen LogP) is 4.78. The van der Waals surface area contributed by atoms with Gasteiger partial charge >= 0.3 is 0 Å². The highest BCUT2D eigenvalue weighted by molar-refractivity contribution is 14.1. The quantitative estimate of drug-likeness (QED) is 0.498. The number of benzene rings is 2. The highest BCUT2D eigenvalue weighted by Gasteiger charge is 2.17. The van der Waals surface area contributed by atoms with Gasteiger partial charge in [0.15, 0.2) is 11.5 Å². The fraction of sp³-hybridized carbons (Fsp3) is 0.400. The lowest BCUT2D eigenvalue weighted by Crippen LogP contribution is -2.42. The van der Waals surface area contributed by atoms with Crippen molar-refractivity contribution in [3.05, 3.63) is 56.1 Å². The summed E-state index contributed by atoms with van der Waals surface area (Å²) in [5.74, 6) is 1.43. The third kappa shape index (κ3) is 6.01. The average Bonchev–Trinajstić information content (AvgIpc) is 2.61. The number of nitrogens with one attached hydrogen (secondary N) is 1. The number of aliphatic hydroxyl groups is 1. The smallest absolute Gasteiger partial charge is 0.174 e. The first-order valence-electron chi connectivity index (χ1n) is 8.53. The number of hydrogen-bond donors (Lipinski definition) is 2. The minimum Gasteiger partial charge on any atom is -0.490 e. The van der Waals surface area contributed by atoms with Crippen LogP contribution in [0.1, 0.15) is 31.9 Å². The first-order chi connectivity index (χ1) is 12.4. The molecule has 0 atom stereocenters. The molecule has 0 spiro atoms. The van der Waals surface area contributed by atoms with E-state index in [1.165, 1.54) is 0 Å². The van der Waals surface area contributed by atoms with Gasteiger partial charge in [0.2, 0.25) is 0 Å². The molecule has 0 fully saturated rings. The normalized spacial score (nSPS) is 11.5. The van der Waals surface area contributed by atoms with Crippen molar-refractivity contribution >= 4 is 34.2 Å². The monoisotopic (exact) mass is 489 g/mol. The number of hydrogen-bond acceptors (Lipinski definition) is 4. The van der Waals surface area contributed by atoms with Crippen molar-refractivity contribution in [3.8, 4) is 11.5 Å². The van der Waals surface area contributed by atoms with Gasteiger partial charge in [-0.05, 0) is 67.1 Å². The van der Waals surface area contributed by atoms with Crippen molar-refractivity contribution < 1.29 is 14.6 Å². The van der Waals surface area contributed by atoms with Crippen molar-refractivity contribution in [2.24, 2.45) is 0 Å². The molecule has 0 bridgehead atoms. The summed E-state index contributed by atoms with van der Waals surface area (Å²) in [7, 11) is 0. The van der Waals surface area contributed by atoms with Crippen molar-refractivity contribution in [2.75, 3.05) is 13.2 Å². The van der Waals surface area contributed by atoms with Crippen LogP contribution in [-0.2, 0) is 13.2 Å². The Hall–Kier alpha value is -1.02. The first kappa shape index (κ1) is 21.3. The molecule has 6 heteroatoms. The SMILES string of the molecule is CCOc1cc(CNC(C)(C)CO)cc(I)c1OCc1ccccc1Cl. The summed E-state index contributed by atoms with van der Waals surface area (Å²) in [6.07, 6.45) is 0. The Kier molecular flexibility index (Phi) is 8.01. The average molecular weight is 490 g/mol. The van der Waals surface area contributed by atoms with Gasteiger partial charge in [0.1, 0.15) is 6.61 Å². The van der Waals surface area contributed by atoms with E-state index in [9.17, 15) is 5.11 Å². The Morgan fingerprint density at radius 1 is 1.19 bits per heavy atom. The third-order valence-corrected chi connectivity index (χ3v) is 5.04. The van der Waals surface area contributed by atoms with Gasteiger partial charge in [-0.1, -0.05) is 29.8 Å².